The van der Waals surface area contributed by atoms with Gasteiger partial charge in [0, 0.05) is 6.54 Å². The van der Waals surface area contributed by atoms with Crippen LogP contribution in [0, 0.1) is 0 Å². The van der Waals surface area contributed by atoms with E-state index in [0.717, 1.165) is 13.1 Å². The van der Waals surface area contributed by atoms with Gasteiger partial charge in [0.25, 0.3) is 0 Å². The van der Waals surface area contributed by atoms with Crippen molar-refractivity contribution >= 4 is 6.41 Å². The number of fused-ring (bicyclic) bond motifs is 1. The highest BCUT2D eigenvalue weighted by Crippen LogP contribution is 2.11. The van der Waals surface area contributed by atoms with Gasteiger partial charge < -0.3 is 11.1 Å². The first kappa shape index (κ1) is 9.74. The fourth-order valence-electron chi connectivity index (χ4n) is 1.42. The van der Waals surface area contributed by atoms with Crippen molar-refractivity contribution in [3.8, 4) is 0 Å². The highest BCUT2D eigenvalue weighted by atomic mass is 16.1. The molecule has 1 amide bonds. The number of hydrogen-bond acceptors (Lipinski definition) is 2. The van der Waals surface area contributed by atoms with E-state index in [1.165, 1.54) is 17.5 Å². The topological polar surface area (TPSA) is 55.1 Å². The molecule has 1 aliphatic heterocycles. The SMILES string of the molecule is NC=O.c1ccc2c(c1)CCNC2. The third-order valence-corrected chi connectivity index (χ3v) is 2.00. The molecular weight excluding hydrogens is 164 g/mol. The average Bonchev–Trinajstić information content (AvgIpc) is 2.19. The number of carbonyl (C=O) groups is 1. The van der Waals surface area contributed by atoms with E-state index in [0.29, 0.717) is 0 Å². The van der Waals surface area contributed by atoms with Crippen molar-refractivity contribution in [2.45, 2.75) is 13.0 Å². The van der Waals surface area contributed by atoms with E-state index < -0.39 is 0 Å². The number of amides is 1. The van der Waals surface area contributed by atoms with Crippen molar-refractivity contribution in [3.63, 3.8) is 0 Å². The first-order valence-electron chi connectivity index (χ1n) is 4.31. The summed E-state index contributed by atoms with van der Waals surface area (Å²) < 4.78 is 0. The van der Waals surface area contributed by atoms with E-state index in [9.17, 15) is 0 Å². The minimum Gasteiger partial charge on any atom is -0.372 e. The van der Waals surface area contributed by atoms with Crippen molar-refractivity contribution in [1.82, 2.24) is 5.32 Å². The standard InChI is InChI=1S/C9H11N.CH3NO/c1-2-4-9-7-10-6-5-8(9)3-1;2-1-3/h1-4,10H,5-7H2;1H,(H2,2,3). The van der Waals surface area contributed by atoms with Crippen molar-refractivity contribution in [3.05, 3.63) is 35.4 Å². The molecule has 0 aromatic heterocycles. The van der Waals surface area contributed by atoms with Crippen LogP contribution in [0.2, 0.25) is 0 Å². The summed E-state index contributed by atoms with van der Waals surface area (Å²) >= 11 is 0. The summed E-state index contributed by atoms with van der Waals surface area (Å²) in [6.07, 6.45) is 1.44. The van der Waals surface area contributed by atoms with Crippen LogP contribution in [0.15, 0.2) is 24.3 Å². The predicted molar refractivity (Wildman–Crippen MR) is 52.1 cm³/mol. The molecule has 0 unspecified atom stereocenters. The second-order valence-corrected chi connectivity index (χ2v) is 2.83. The molecular formula is C10H14N2O. The quantitative estimate of drug-likeness (QED) is 0.566. The van der Waals surface area contributed by atoms with Gasteiger partial charge >= 0.3 is 0 Å². The zero-order chi connectivity index (χ0) is 9.52. The van der Waals surface area contributed by atoms with E-state index in [4.69, 9.17) is 4.79 Å². The van der Waals surface area contributed by atoms with Gasteiger partial charge in [-0.15, -0.1) is 0 Å². The number of benzene rings is 1. The van der Waals surface area contributed by atoms with Gasteiger partial charge in [-0.2, -0.15) is 0 Å². The molecule has 1 aromatic carbocycles. The minimum absolute atomic E-state index is 0.250. The number of primary amides is 1. The number of rotatable bonds is 0. The molecule has 0 saturated heterocycles. The van der Waals surface area contributed by atoms with Gasteiger partial charge in [-0.25, -0.2) is 0 Å². The van der Waals surface area contributed by atoms with Crippen LogP contribution in [0.3, 0.4) is 0 Å². The summed E-state index contributed by atoms with van der Waals surface area (Å²) in [5.41, 5.74) is 7.15. The zero-order valence-electron chi connectivity index (χ0n) is 7.49. The Hall–Kier alpha value is -1.35. The van der Waals surface area contributed by atoms with E-state index >= 15 is 0 Å². The van der Waals surface area contributed by atoms with Crippen LogP contribution >= 0.6 is 0 Å². The van der Waals surface area contributed by atoms with Crippen LogP contribution in [-0.2, 0) is 17.8 Å². The van der Waals surface area contributed by atoms with E-state index in [1.807, 2.05) is 0 Å². The van der Waals surface area contributed by atoms with Crippen LogP contribution in [0.4, 0.5) is 0 Å². The molecule has 0 aliphatic carbocycles. The molecule has 0 bridgehead atoms. The Bertz CT molecular complexity index is 248. The van der Waals surface area contributed by atoms with Crippen LogP contribution in [0.5, 0.6) is 0 Å². The summed E-state index contributed by atoms with van der Waals surface area (Å²) in [7, 11) is 0. The molecule has 3 N–H and O–H groups in total. The molecule has 3 nitrogen and oxygen atoms in total. The Balaban J connectivity index is 0.000000251. The lowest BCUT2D eigenvalue weighted by Crippen LogP contribution is -2.23. The maximum absolute atomic E-state index is 8.58. The lowest BCUT2D eigenvalue weighted by Gasteiger charge is -2.15. The van der Waals surface area contributed by atoms with Crippen molar-refractivity contribution in [2.75, 3.05) is 6.54 Å². The zero-order valence-corrected chi connectivity index (χ0v) is 7.49. The Morgan fingerprint density at radius 2 is 1.92 bits per heavy atom. The monoisotopic (exact) mass is 178 g/mol. The lowest BCUT2D eigenvalue weighted by atomic mass is 10.0. The molecule has 1 aliphatic rings. The maximum Gasteiger partial charge on any atom is 0.204 e. The molecule has 2 rings (SSSR count). The molecule has 0 fully saturated rings. The van der Waals surface area contributed by atoms with Gasteiger partial charge in [0.1, 0.15) is 0 Å². The van der Waals surface area contributed by atoms with Gasteiger partial charge in [-0.1, -0.05) is 24.3 Å². The van der Waals surface area contributed by atoms with E-state index in [2.05, 4.69) is 35.3 Å². The van der Waals surface area contributed by atoms with Crippen LogP contribution in [-0.4, -0.2) is 13.0 Å². The molecule has 0 radical (unpaired) electrons. The number of hydrogen-bond donors (Lipinski definition) is 2. The molecule has 3 heteroatoms. The van der Waals surface area contributed by atoms with Crippen molar-refractivity contribution < 1.29 is 4.79 Å². The van der Waals surface area contributed by atoms with Gasteiger partial charge in [0.05, 0.1) is 0 Å². The average molecular weight is 178 g/mol. The summed E-state index contributed by atoms with van der Waals surface area (Å²) in [5, 5.41) is 3.34. The van der Waals surface area contributed by atoms with Crippen molar-refractivity contribution in [1.29, 1.82) is 0 Å². The first-order chi connectivity index (χ1) is 6.38. The van der Waals surface area contributed by atoms with Gasteiger partial charge in [-0.05, 0) is 24.1 Å². The second kappa shape index (κ2) is 5.32. The summed E-state index contributed by atoms with van der Waals surface area (Å²) in [6.45, 7) is 2.19. The lowest BCUT2D eigenvalue weighted by molar-refractivity contribution is -0.106. The van der Waals surface area contributed by atoms with Crippen LogP contribution in [0.25, 0.3) is 0 Å². The Morgan fingerprint density at radius 1 is 1.31 bits per heavy atom. The molecule has 1 heterocycles. The van der Waals surface area contributed by atoms with E-state index in [-0.39, 0.29) is 6.41 Å². The smallest absolute Gasteiger partial charge is 0.204 e. The largest absolute Gasteiger partial charge is 0.372 e. The van der Waals surface area contributed by atoms with Crippen molar-refractivity contribution in [2.24, 2.45) is 5.73 Å². The Kier molecular flexibility index (Phi) is 3.99. The summed E-state index contributed by atoms with van der Waals surface area (Å²) in [4.78, 5) is 8.58. The fourth-order valence-corrected chi connectivity index (χ4v) is 1.42. The van der Waals surface area contributed by atoms with Gasteiger partial charge in [-0.3, -0.25) is 4.79 Å². The first-order valence-corrected chi connectivity index (χ1v) is 4.31. The Morgan fingerprint density at radius 3 is 2.54 bits per heavy atom. The normalized spacial score (nSPS) is 13.5. The number of carbonyl (C=O) groups excluding carboxylic acids is 1. The third kappa shape index (κ3) is 2.87. The van der Waals surface area contributed by atoms with Crippen LogP contribution < -0.4 is 11.1 Å². The summed E-state index contributed by atoms with van der Waals surface area (Å²) in [5.74, 6) is 0. The molecule has 0 atom stereocenters. The molecule has 1 aromatic rings. The minimum atomic E-state index is 0.250. The highest BCUT2D eigenvalue weighted by Gasteiger charge is 2.05. The molecule has 0 spiro atoms. The number of nitrogens with one attached hydrogen (secondary N) is 1. The summed E-state index contributed by atoms with van der Waals surface area (Å²) in [6, 6.07) is 8.63. The molecule has 13 heavy (non-hydrogen) atoms. The maximum atomic E-state index is 8.58. The Labute approximate surface area is 77.9 Å². The predicted octanol–water partition coefficient (Wildman–Crippen LogP) is 0.434. The number of nitrogens with two attached hydrogens (primary N) is 1. The van der Waals surface area contributed by atoms with Gasteiger partial charge in [0.2, 0.25) is 6.41 Å². The second-order valence-electron chi connectivity index (χ2n) is 2.83. The van der Waals surface area contributed by atoms with Crippen LogP contribution in [0.1, 0.15) is 11.1 Å². The molecule has 0 saturated carbocycles. The fraction of sp³-hybridized carbons (Fsp3) is 0.300. The van der Waals surface area contributed by atoms with Gasteiger partial charge in [0.15, 0.2) is 0 Å². The van der Waals surface area contributed by atoms with E-state index in [1.54, 1.807) is 0 Å². The molecule has 70 valence electrons. The third-order valence-electron chi connectivity index (χ3n) is 2.00. The highest BCUT2D eigenvalue weighted by molar-refractivity contribution is 5.42.